The van der Waals surface area contributed by atoms with Crippen LogP contribution in [0.5, 0.6) is 0 Å². The summed E-state index contributed by atoms with van der Waals surface area (Å²) in [5.41, 5.74) is 2.93. The maximum atomic E-state index is 2.93. The molecule has 0 saturated heterocycles. The van der Waals surface area contributed by atoms with E-state index in [2.05, 4.69) is 39.5 Å². The largest absolute Gasteiger partial charge is 0.0981 e. The Hall–Kier alpha value is -0.0431. The fourth-order valence-electron chi connectivity index (χ4n) is 6.83. The molecule has 0 aliphatic carbocycles. The summed E-state index contributed by atoms with van der Waals surface area (Å²) in [5, 5.41) is 0. The Morgan fingerprint density at radius 2 is 0.537 bits per heavy atom. The van der Waals surface area contributed by atoms with Gasteiger partial charge in [-0.15, -0.1) is 0 Å². The molecule has 0 nitrogen and oxygen atoms in total. The van der Waals surface area contributed by atoms with Crippen molar-refractivity contribution in [1.29, 1.82) is 0 Å². The average Bonchev–Trinajstić information content (AvgIpc) is 2.98. The van der Waals surface area contributed by atoms with Gasteiger partial charge in [-0.2, -0.15) is 0 Å². The van der Waals surface area contributed by atoms with Crippen molar-refractivity contribution in [3.63, 3.8) is 0 Å². The summed E-state index contributed by atoms with van der Waals surface area (Å²) in [6.07, 6.45) is 47.9. The van der Waals surface area contributed by atoms with Crippen LogP contribution in [0.2, 0.25) is 18.1 Å². The summed E-state index contributed by atoms with van der Waals surface area (Å²) < 4.78 is 0. The van der Waals surface area contributed by atoms with E-state index in [0.717, 1.165) is 0 Å². The van der Waals surface area contributed by atoms with Gasteiger partial charge in [0, 0.05) is 0 Å². The average molecular weight is 591 g/mol. The molecule has 0 spiro atoms. The van der Waals surface area contributed by atoms with Gasteiger partial charge in [0.05, 0.1) is 8.07 Å². The van der Waals surface area contributed by atoms with E-state index in [4.69, 9.17) is 0 Å². The van der Waals surface area contributed by atoms with Gasteiger partial charge in [-0.25, -0.2) is 0 Å². The van der Waals surface area contributed by atoms with Crippen molar-refractivity contribution in [2.24, 2.45) is 0 Å². The second kappa shape index (κ2) is 34.4. The lowest BCUT2D eigenvalue weighted by molar-refractivity contribution is 0.575. The van der Waals surface area contributed by atoms with Crippen LogP contribution in [0.15, 0.2) is 11.8 Å². The van der Waals surface area contributed by atoms with Gasteiger partial charge in [-0.1, -0.05) is 244 Å². The van der Waals surface area contributed by atoms with Crippen LogP contribution < -0.4 is 0 Å². The van der Waals surface area contributed by atoms with Gasteiger partial charge in [-0.3, -0.25) is 0 Å². The van der Waals surface area contributed by atoms with Crippen molar-refractivity contribution in [3.05, 3.63) is 11.8 Å². The molecule has 0 amide bonds. The number of hydrogen-bond donors (Lipinski definition) is 0. The lowest BCUT2D eigenvalue weighted by atomic mass is 10.1. The molecule has 0 saturated carbocycles. The standard InChI is InChI=1S/C40H82Si/c1-5-9-13-17-21-25-29-33-37-41(38-34-30-26-22-18-14-10-6-2,39-35-31-27-23-19-15-11-7-3)40-36-32-28-24-20-16-12-8-4/h33,37H,5-32,34-36,38-40H2,1-4H3. The monoisotopic (exact) mass is 591 g/mol. The molecule has 0 aliphatic heterocycles. The molecule has 1 heteroatoms. The lowest BCUT2D eigenvalue weighted by Crippen LogP contribution is -2.32. The van der Waals surface area contributed by atoms with Crippen LogP contribution in [-0.4, -0.2) is 8.07 Å². The maximum Gasteiger partial charge on any atom is 0.0774 e. The zero-order valence-corrected chi connectivity index (χ0v) is 30.7. The normalized spacial score (nSPS) is 12.2. The molecule has 0 radical (unpaired) electrons. The maximum absolute atomic E-state index is 2.93. The van der Waals surface area contributed by atoms with Crippen LogP contribution in [-0.2, 0) is 0 Å². The fourth-order valence-corrected chi connectivity index (χ4v) is 11.6. The highest BCUT2D eigenvalue weighted by molar-refractivity contribution is 6.84. The smallest absolute Gasteiger partial charge is 0.0774 e. The molecule has 0 aromatic carbocycles. The highest BCUT2D eigenvalue weighted by Crippen LogP contribution is 2.32. The Kier molecular flexibility index (Phi) is 34.4. The van der Waals surface area contributed by atoms with Gasteiger partial charge < -0.3 is 0 Å². The number of hydrogen-bond acceptors (Lipinski definition) is 0. The fraction of sp³-hybridized carbons (Fsp3) is 0.950. The summed E-state index contributed by atoms with van der Waals surface area (Å²) in [6.45, 7) is 9.34. The molecule has 0 rings (SSSR count). The van der Waals surface area contributed by atoms with E-state index < -0.39 is 8.07 Å². The first-order valence-electron chi connectivity index (χ1n) is 19.9. The minimum absolute atomic E-state index is 1.30. The molecule has 41 heavy (non-hydrogen) atoms. The molecular weight excluding hydrogens is 509 g/mol. The van der Waals surface area contributed by atoms with E-state index in [1.165, 1.54) is 199 Å². The number of rotatable bonds is 35. The second-order valence-electron chi connectivity index (χ2n) is 14.0. The lowest BCUT2D eigenvalue weighted by Gasteiger charge is -2.29. The minimum atomic E-state index is -1.30. The second-order valence-corrected chi connectivity index (χ2v) is 18.6. The van der Waals surface area contributed by atoms with Gasteiger partial charge >= 0.3 is 0 Å². The van der Waals surface area contributed by atoms with Crippen molar-refractivity contribution in [1.82, 2.24) is 0 Å². The molecular formula is C40H82Si. The van der Waals surface area contributed by atoms with Crippen LogP contribution in [0.1, 0.15) is 227 Å². The minimum Gasteiger partial charge on any atom is -0.0981 e. The molecule has 0 aromatic heterocycles. The van der Waals surface area contributed by atoms with Gasteiger partial charge in [0.15, 0.2) is 0 Å². The van der Waals surface area contributed by atoms with Crippen LogP contribution in [0.3, 0.4) is 0 Å². The van der Waals surface area contributed by atoms with Crippen LogP contribution in [0.4, 0.5) is 0 Å². The Morgan fingerprint density at radius 1 is 0.293 bits per heavy atom. The summed E-state index contributed by atoms with van der Waals surface area (Å²) in [7, 11) is -1.30. The van der Waals surface area contributed by atoms with Crippen LogP contribution in [0.25, 0.3) is 0 Å². The van der Waals surface area contributed by atoms with Crippen molar-refractivity contribution in [2.45, 2.75) is 245 Å². The van der Waals surface area contributed by atoms with Crippen LogP contribution >= 0.6 is 0 Å². The van der Waals surface area contributed by atoms with E-state index in [1.807, 2.05) is 0 Å². The molecule has 0 atom stereocenters. The first-order valence-corrected chi connectivity index (χ1v) is 22.6. The molecule has 0 unspecified atom stereocenters. The third-order valence-electron chi connectivity index (χ3n) is 9.78. The van der Waals surface area contributed by atoms with Crippen molar-refractivity contribution in [2.75, 3.05) is 0 Å². The Balaban J connectivity index is 4.92. The van der Waals surface area contributed by atoms with Crippen molar-refractivity contribution in [3.8, 4) is 0 Å². The zero-order valence-electron chi connectivity index (χ0n) is 29.7. The van der Waals surface area contributed by atoms with Gasteiger partial charge in [0.2, 0.25) is 0 Å². The first-order chi connectivity index (χ1) is 20.2. The topological polar surface area (TPSA) is 0 Å². The summed E-state index contributed by atoms with van der Waals surface area (Å²) in [6, 6.07) is 4.80. The molecule has 246 valence electrons. The number of unbranched alkanes of at least 4 members (excludes halogenated alkanes) is 27. The van der Waals surface area contributed by atoms with Gasteiger partial charge in [0.1, 0.15) is 0 Å². The zero-order chi connectivity index (χ0) is 30.0. The number of allylic oxidation sites excluding steroid dienone is 1. The van der Waals surface area contributed by atoms with E-state index >= 15 is 0 Å². The molecule has 0 aromatic rings. The summed E-state index contributed by atoms with van der Waals surface area (Å²) in [5.74, 6) is 0. The third-order valence-corrected chi connectivity index (χ3v) is 14.8. The summed E-state index contributed by atoms with van der Waals surface area (Å²) >= 11 is 0. The van der Waals surface area contributed by atoms with Gasteiger partial charge in [-0.05, 0) is 12.8 Å². The molecule has 0 heterocycles. The van der Waals surface area contributed by atoms with E-state index in [9.17, 15) is 0 Å². The predicted octanol–water partition coefficient (Wildman–Crippen LogP) is 15.7. The Labute approximate surface area is 264 Å². The highest BCUT2D eigenvalue weighted by atomic mass is 28.3. The molecule has 0 bridgehead atoms. The molecule has 0 fully saturated rings. The first kappa shape index (κ1) is 41.0. The van der Waals surface area contributed by atoms with E-state index in [-0.39, 0.29) is 0 Å². The Bertz CT molecular complexity index is 445. The quantitative estimate of drug-likeness (QED) is 0.0508. The highest BCUT2D eigenvalue weighted by Gasteiger charge is 2.28. The van der Waals surface area contributed by atoms with Crippen molar-refractivity contribution < 1.29 is 0 Å². The van der Waals surface area contributed by atoms with Crippen molar-refractivity contribution >= 4 is 8.07 Å². The summed E-state index contributed by atoms with van der Waals surface area (Å²) in [4.78, 5) is 0. The molecule has 0 aliphatic rings. The third kappa shape index (κ3) is 29.8. The van der Waals surface area contributed by atoms with E-state index in [1.54, 1.807) is 18.1 Å². The molecule has 0 N–H and O–H groups in total. The SMILES string of the molecule is CCCCCCCCC=C[Si](CCCCCCCCCC)(CCCCCCCCCC)CCCCCCCCCC. The Morgan fingerprint density at radius 3 is 0.829 bits per heavy atom. The predicted molar refractivity (Wildman–Crippen MR) is 195 cm³/mol. The van der Waals surface area contributed by atoms with Gasteiger partial charge in [0.25, 0.3) is 0 Å². The van der Waals surface area contributed by atoms with Crippen LogP contribution in [0, 0.1) is 0 Å². The van der Waals surface area contributed by atoms with E-state index in [0.29, 0.717) is 0 Å².